The molecule has 0 aliphatic heterocycles. The number of halogens is 6. The molecule has 0 saturated heterocycles. The van der Waals surface area contributed by atoms with Crippen molar-refractivity contribution in [3.63, 3.8) is 0 Å². The summed E-state index contributed by atoms with van der Waals surface area (Å²) < 4.78 is 79.5. The number of alkyl halides is 6. The van der Waals surface area contributed by atoms with Crippen molar-refractivity contribution in [3.05, 3.63) is 0 Å². The topological polar surface area (TPSA) is 21.3 Å². The minimum atomic E-state index is -5.44. The zero-order valence-electron chi connectivity index (χ0n) is 10.5. The van der Waals surface area contributed by atoms with Crippen LogP contribution in [0.15, 0.2) is 0 Å². The van der Waals surface area contributed by atoms with Crippen LogP contribution in [-0.4, -0.2) is 37.1 Å². The highest BCUT2D eigenvalue weighted by atomic mass is 19.4. The molecule has 1 fully saturated rings. The van der Waals surface area contributed by atoms with Gasteiger partial charge in [-0.25, -0.2) is 0 Å². The number of nitrogens with one attached hydrogen (secondary N) is 1. The molecule has 0 amide bonds. The maximum atomic E-state index is 12.5. The molecule has 8 heteroatoms. The minimum absolute atomic E-state index is 0.00611. The SMILES string of the molecule is CCNCC1(OC(C(F)(F)F)C(F)(F)F)CCCC1. The summed E-state index contributed by atoms with van der Waals surface area (Å²) in [6.45, 7) is 2.20. The molecular formula is C11H17F6NO. The Kier molecular flexibility index (Phi) is 5.11. The van der Waals surface area contributed by atoms with Gasteiger partial charge in [0.05, 0.1) is 5.60 Å². The Bertz CT molecular complexity index is 268. The Morgan fingerprint density at radius 1 is 1.05 bits per heavy atom. The third-order valence-electron chi connectivity index (χ3n) is 3.17. The van der Waals surface area contributed by atoms with Gasteiger partial charge in [0.25, 0.3) is 0 Å². The molecule has 0 unspecified atom stereocenters. The quantitative estimate of drug-likeness (QED) is 0.784. The summed E-state index contributed by atoms with van der Waals surface area (Å²) in [5, 5.41) is 2.78. The molecule has 0 aromatic rings. The van der Waals surface area contributed by atoms with Crippen LogP contribution in [0, 0.1) is 0 Å². The molecule has 1 saturated carbocycles. The van der Waals surface area contributed by atoms with E-state index in [4.69, 9.17) is 0 Å². The van der Waals surface area contributed by atoms with Crippen LogP contribution in [-0.2, 0) is 4.74 Å². The molecule has 2 nitrogen and oxygen atoms in total. The van der Waals surface area contributed by atoms with Crippen molar-refractivity contribution in [3.8, 4) is 0 Å². The number of hydrogen-bond acceptors (Lipinski definition) is 2. The van der Waals surface area contributed by atoms with Crippen molar-refractivity contribution < 1.29 is 31.1 Å². The van der Waals surface area contributed by atoms with E-state index in [1.807, 2.05) is 0 Å². The fourth-order valence-electron chi connectivity index (χ4n) is 2.28. The molecule has 0 spiro atoms. The normalized spacial score (nSPS) is 20.2. The van der Waals surface area contributed by atoms with E-state index in [2.05, 4.69) is 10.1 Å². The van der Waals surface area contributed by atoms with Crippen LogP contribution in [0.4, 0.5) is 26.3 Å². The van der Waals surface area contributed by atoms with Gasteiger partial charge in [-0.05, 0) is 19.4 Å². The summed E-state index contributed by atoms with van der Waals surface area (Å²) in [5.74, 6) is 0. The fraction of sp³-hybridized carbons (Fsp3) is 1.00. The Morgan fingerprint density at radius 2 is 1.53 bits per heavy atom. The first-order chi connectivity index (χ1) is 8.61. The van der Waals surface area contributed by atoms with Gasteiger partial charge in [-0.2, -0.15) is 26.3 Å². The highest BCUT2D eigenvalue weighted by Gasteiger charge is 2.60. The average molecular weight is 293 g/mol. The lowest BCUT2D eigenvalue weighted by Crippen LogP contribution is -2.52. The van der Waals surface area contributed by atoms with Crippen LogP contribution in [0.2, 0.25) is 0 Å². The highest BCUT2D eigenvalue weighted by molar-refractivity contribution is 4.92. The highest BCUT2D eigenvalue weighted by Crippen LogP contribution is 2.42. The van der Waals surface area contributed by atoms with Gasteiger partial charge in [0, 0.05) is 6.54 Å². The second-order valence-electron chi connectivity index (χ2n) is 4.75. The van der Waals surface area contributed by atoms with Gasteiger partial charge >= 0.3 is 12.4 Å². The molecule has 1 rings (SSSR count). The lowest BCUT2D eigenvalue weighted by molar-refractivity contribution is -0.343. The smallest absolute Gasteiger partial charge is 0.353 e. The molecule has 0 atom stereocenters. The first-order valence-corrected chi connectivity index (χ1v) is 6.13. The standard InChI is InChI=1S/C11H17F6NO/c1-2-18-7-9(5-3-4-6-9)19-8(10(12,13)14)11(15,16)17/h8,18H,2-7H2,1H3. The molecule has 19 heavy (non-hydrogen) atoms. The van der Waals surface area contributed by atoms with Crippen molar-refractivity contribution in [1.82, 2.24) is 5.32 Å². The van der Waals surface area contributed by atoms with Gasteiger partial charge in [-0.15, -0.1) is 0 Å². The van der Waals surface area contributed by atoms with Crippen LogP contribution in [0.5, 0.6) is 0 Å². The first-order valence-electron chi connectivity index (χ1n) is 6.13. The van der Waals surface area contributed by atoms with Crippen molar-refractivity contribution in [2.75, 3.05) is 13.1 Å². The molecule has 1 N–H and O–H groups in total. The van der Waals surface area contributed by atoms with E-state index in [1.54, 1.807) is 6.92 Å². The predicted molar refractivity (Wildman–Crippen MR) is 56.7 cm³/mol. The summed E-state index contributed by atoms with van der Waals surface area (Å²) in [4.78, 5) is 0. The monoisotopic (exact) mass is 293 g/mol. The molecular weight excluding hydrogens is 276 g/mol. The van der Waals surface area contributed by atoms with Crippen LogP contribution in [0.3, 0.4) is 0 Å². The first kappa shape index (κ1) is 16.6. The van der Waals surface area contributed by atoms with E-state index in [1.165, 1.54) is 0 Å². The van der Waals surface area contributed by atoms with Crippen molar-refractivity contribution in [2.45, 2.75) is 56.7 Å². The summed E-state index contributed by atoms with van der Waals surface area (Å²) in [5.41, 5.74) is -1.37. The second-order valence-corrected chi connectivity index (χ2v) is 4.75. The van der Waals surface area contributed by atoms with E-state index in [-0.39, 0.29) is 19.4 Å². The molecule has 0 heterocycles. The Morgan fingerprint density at radius 3 is 1.89 bits per heavy atom. The van der Waals surface area contributed by atoms with Crippen molar-refractivity contribution in [1.29, 1.82) is 0 Å². The fourth-order valence-corrected chi connectivity index (χ4v) is 2.28. The van der Waals surface area contributed by atoms with Gasteiger partial charge in [0.15, 0.2) is 0 Å². The molecule has 0 aromatic carbocycles. The minimum Gasteiger partial charge on any atom is -0.353 e. The maximum Gasteiger partial charge on any atom is 0.423 e. The number of rotatable bonds is 5. The van der Waals surface area contributed by atoms with Gasteiger partial charge in [-0.1, -0.05) is 19.8 Å². The lowest BCUT2D eigenvalue weighted by Gasteiger charge is -2.35. The van der Waals surface area contributed by atoms with E-state index < -0.39 is 24.1 Å². The van der Waals surface area contributed by atoms with E-state index >= 15 is 0 Å². The summed E-state index contributed by atoms with van der Waals surface area (Å²) in [7, 11) is 0. The van der Waals surface area contributed by atoms with E-state index in [0.29, 0.717) is 19.4 Å². The average Bonchev–Trinajstić information content (AvgIpc) is 2.69. The molecule has 1 aliphatic carbocycles. The van der Waals surface area contributed by atoms with Crippen LogP contribution in [0.1, 0.15) is 32.6 Å². The molecule has 1 aliphatic rings. The van der Waals surface area contributed by atoms with Crippen LogP contribution >= 0.6 is 0 Å². The zero-order valence-corrected chi connectivity index (χ0v) is 10.5. The second kappa shape index (κ2) is 5.87. The Hall–Kier alpha value is -0.500. The van der Waals surface area contributed by atoms with Crippen molar-refractivity contribution in [2.24, 2.45) is 0 Å². The van der Waals surface area contributed by atoms with Gasteiger partial charge in [-0.3, -0.25) is 0 Å². The number of hydrogen-bond donors (Lipinski definition) is 1. The molecule has 0 aromatic heterocycles. The van der Waals surface area contributed by atoms with Crippen LogP contribution < -0.4 is 5.32 Å². The molecule has 0 bridgehead atoms. The Labute approximate surface area is 107 Å². The zero-order chi connectivity index (χ0) is 14.7. The van der Waals surface area contributed by atoms with Crippen LogP contribution in [0.25, 0.3) is 0 Å². The van der Waals surface area contributed by atoms with E-state index in [0.717, 1.165) is 0 Å². The summed E-state index contributed by atoms with van der Waals surface area (Å²) in [6, 6.07) is 0. The third kappa shape index (κ3) is 4.52. The maximum absolute atomic E-state index is 12.5. The van der Waals surface area contributed by atoms with Gasteiger partial charge < -0.3 is 10.1 Å². The molecule has 114 valence electrons. The predicted octanol–water partition coefficient (Wildman–Crippen LogP) is 3.42. The number of ether oxygens (including phenoxy) is 1. The van der Waals surface area contributed by atoms with E-state index in [9.17, 15) is 26.3 Å². The Balaban J connectivity index is 2.86. The number of likely N-dealkylation sites (N-methyl/N-ethyl adjacent to an activating group) is 1. The lowest BCUT2D eigenvalue weighted by atomic mass is 10.0. The van der Waals surface area contributed by atoms with Crippen molar-refractivity contribution >= 4 is 0 Å². The largest absolute Gasteiger partial charge is 0.423 e. The third-order valence-corrected chi connectivity index (χ3v) is 3.17. The van der Waals surface area contributed by atoms with Gasteiger partial charge in [0.2, 0.25) is 6.10 Å². The molecule has 0 radical (unpaired) electrons. The van der Waals surface area contributed by atoms with Gasteiger partial charge in [0.1, 0.15) is 0 Å². The summed E-state index contributed by atoms with van der Waals surface area (Å²) in [6.07, 6.45) is -13.0. The summed E-state index contributed by atoms with van der Waals surface area (Å²) >= 11 is 0.